The fraction of sp³-hybridized carbons (Fsp3) is 0.548. The minimum Gasteiger partial charge on any atom is -0.497 e. The van der Waals surface area contributed by atoms with Crippen LogP contribution in [0, 0.1) is 34.3 Å². The third-order valence-electron chi connectivity index (χ3n) is 9.34. The highest BCUT2D eigenvalue weighted by molar-refractivity contribution is 5.85. The molecular formula is C31H40F2N2O7. The molecular weight excluding hydrogens is 550 g/mol. The summed E-state index contributed by atoms with van der Waals surface area (Å²) in [7, 11) is 3.01. The predicted molar refractivity (Wildman–Crippen MR) is 151 cm³/mol. The third-order valence-corrected chi connectivity index (χ3v) is 9.34. The summed E-state index contributed by atoms with van der Waals surface area (Å²) in [4.78, 5) is 25.9. The maximum Gasteiger partial charge on any atom is 0.411 e. The predicted octanol–water partition coefficient (Wildman–Crippen LogP) is 4.79. The lowest BCUT2D eigenvalue weighted by molar-refractivity contribution is -0.185. The molecule has 2 aromatic rings. The first-order chi connectivity index (χ1) is 19.9. The highest BCUT2D eigenvalue weighted by Crippen LogP contribution is 2.61. The first-order valence-electron chi connectivity index (χ1n) is 14.1. The van der Waals surface area contributed by atoms with Gasteiger partial charge in [-0.3, -0.25) is 10.1 Å². The van der Waals surface area contributed by atoms with E-state index in [1.807, 2.05) is 13.8 Å². The van der Waals surface area contributed by atoms with Crippen LogP contribution in [0.25, 0.3) is 0 Å². The van der Waals surface area contributed by atoms with E-state index < -0.39 is 46.7 Å². The van der Waals surface area contributed by atoms with Crippen LogP contribution in [-0.4, -0.2) is 55.2 Å². The second kappa shape index (κ2) is 12.8. The van der Waals surface area contributed by atoms with Crippen molar-refractivity contribution in [3.63, 3.8) is 0 Å². The molecule has 2 saturated carbocycles. The van der Waals surface area contributed by atoms with Gasteiger partial charge in [-0.1, -0.05) is 13.8 Å². The first kappa shape index (κ1) is 31.5. The van der Waals surface area contributed by atoms with Gasteiger partial charge in [-0.2, -0.15) is 0 Å². The van der Waals surface area contributed by atoms with Gasteiger partial charge >= 0.3 is 6.09 Å². The molecule has 0 radical (unpaired) electrons. The number of anilines is 1. The fourth-order valence-electron chi connectivity index (χ4n) is 7.12. The van der Waals surface area contributed by atoms with Crippen LogP contribution in [0.3, 0.4) is 0 Å². The minimum absolute atomic E-state index is 0.0111. The summed E-state index contributed by atoms with van der Waals surface area (Å²) in [5.74, 6) is -1.38. The Morgan fingerprint density at radius 2 is 1.62 bits per heavy atom. The normalized spacial score (nSPS) is 28.8. The van der Waals surface area contributed by atoms with E-state index in [0.29, 0.717) is 48.4 Å². The Kier molecular flexibility index (Phi) is 9.62. The van der Waals surface area contributed by atoms with Gasteiger partial charge in [-0.25, -0.2) is 13.6 Å². The van der Waals surface area contributed by atoms with E-state index in [4.69, 9.17) is 14.2 Å². The van der Waals surface area contributed by atoms with Crippen molar-refractivity contribution in [2.24, 2.45) is 22.7 Å². The number of methoxy groups -OCH3 is 2. The molecule has 6 unspecified atom stereocenters. The Balaban J connectivity index is 1.45. The van der Waals surface area contributed by atoms with Crippen molar-refractivity contribution < 1.29 is 42.8 Å². The molecule has 0 bridgehead atoms. The van der Waals surface area contributed by atoms with E-state index in [2.05, 4.69) is 10.6 Å². The molecule has 0 saturated heterocycles. The number of halogens is 2. The Labute approximate surface area is 244 Å². The Hall–Kier alpha value is -3.44. The molecule has 9 nitrogen and oxygen atoms in total. The van der Waals surface area contributed by atoms with Gasteiger partial charge in [-0.05, 0) is 60.6 Å². The van der Waals surface area contributed by atoms with Crippen LogP contribution in [0.4, 0.5) is 19.3 Å². The van der Waals surface area contributed by atoms with E-state index in [9.17, 15) is 28.6 Å². The van der Waals surface area contributed by atoms with E-state index in [1.165, 1.54) is 14.2 Å². The average Bonchev–Trinajstić information content (AvgIpc) is 2.94. The molecule has 4 rings (SSSR count). The number of fused-ring (bicyclic) bond motifs is 1. The molecule has 2 amide bonds. The number of nitrogens with one attached hydrogen (secondary N) is 2. The highest BCUT2D eigenvalue weighted by atomic mass is 19.1. The first-order valence-corrected chi connectivity index (χ1v) is 14.1. The molecule has 2 aliphatic rings. The zero-order valence-electron chi connectivity index (χ0n) is 24.4. The number of benzene rings is 2. The van der Waals surface area contributed by atoms with E-state index in [-0.39, 0.29) is 31.4 Å². The molecule has 0 aromatic heterocycles. The van der Waals surface area contributed by atoms with Gasteiger partial charge < -0.3 is 29.7 Å². The van der Waals surface area contributed by atoms with E-state index >= 15 is 0 Å². The molecule has 11 heteroatoms. The lowest BCUT2D eigenvalue weighted by atomic mass is 9.46. The maximum absolute atomic E-state index is 13.5. The minimum atomic E-state index is -0.829. The summed E-state index contributed by atoms with van der Waals surface area (Å²) in [5, 5.41) is 27.1. The molecule has 4 N–H and O–H groups in total. The molecule has 0 aliphatic heterocycles. The van der Waals surface area contributed by atoms with Crippen molar-refractivity contribution in [2.45, 2.75) is 64.7 Å². The largest absolute Gasteiger partial charge is 0.497 e. The van der Waals surface area contributed by atoms with Crippen molar-refractivity contribution in [2.75, 3.05) is 26.1 Å². The van der Waals surface area contributed by atoms with E-state index in [0.717, 1.165) is 18.2 Å². The quantitative estimate of drug-likeness (QED) is 0.331. The van der Waals surface area contributed by atoms with Crippen LogP contribution in [0.15, 0.2) is 36.4 Å². The fourth-order valence-corrected chi connectivity index (χ4v) is 7.12. The summed E-state index contributed by atoms with van der Waals surface area (Å²) < 4.78 is 43.5. The number of carbonyl (C=O) groups is 2. The van der Waals surface area contributed by atoms with Crippen LogP contribution in [0.2, 0.25) is 0 Å². The van der Waals surface area contributed by atoms with Crippen molar-refractivity contribution in [1.82, 2.24) is 5.32 Å². The molecule has 0 spiro atoms. The molecule has 42 heavy (non-hydrogen) atoms. The summed E-state index contributed by atoms with van der Waals surface area (Å²) in [6, 6.07) is 8.03. The summed E-state index contributed by atoms with van der Waals surface area (Å²) >= 11 is 0. The lowest BCUT2D eigenvalue weighted by Gasteiger charge is -2.60. The Bertz CT molecular complexity index is 1250. The van der Waals surface area contributed by atoms with Gasteiger partial charge in [0.05, 0.1) is 32.6 Å². The Morgan fingerprint density at radius 3 is 2.21 bits per heavy atom. The number of amides is 2. The number of aliphatic hydroxyl groups excluding tert-OH is 2. The topological polar surface area (TPSA) is 126 Å². The van der Waals surface area contributed by atoms with Gasteiger partial charge in [0, 0.05) is 42.6 Å². The van der Waals surface area contributed by atoms with Crippen molar-refractivity contribution >= 4 is 17.7 Å². The third kappa shape index (κ3) is 6.62. The molecule has 0 heterocycles. The van der Waals surface area contributed by atoms with Gasteiger partial charge in [0.1, 0.15) is 29.2 Å². The van der Waals surface area contributed by atoms with Crippen LogP contribution in [-0.2, 0) is 16.1 Å². The van der Waals surface area contributed by atoms with Crippen LogP contribution in [0.1, 0.15) is 51.5 Å². The monoisotopic (exact) mass is 590 g/mol. The average molecular weight is 591 g/mol. The second-order valence-corrected chi connectivity index (χ2v) is 11.9. The second-order valence-electron chi connectivity index (χ2n) is 11.9. The number of hydrogen-bond acceptors (Lipinski definition) is 7. The van der Waals surface area contributed by atoms with Crippen molar-refractivity contribution in [1.29, 1.82) is 0 Å². The molecule has 2 fully saturated rings. The number of rotatable bonds is 9. The van der Waals surface area contributed by atoms with E-state index in [1.54, 1.807) is 18.2 Å². The van der Waals surface area contributed by atoms with Gasteiger partial charge in [0.15, 0.2) is 0 Å². The maximum atomic E-state index is 13.5. The number of ether oxygens (including phenoxy) is 3. The molecule has 230 valence electrons. The van der Waals surface area contributed by atoms with Gasteiger partial charge in [0.2, 0.25) is 5.91 Å². The zero-order valence-corrected chi connectivity index (χ0v) is 24.4. The smallest absolute Gasteiger partial charge is 0.411 e. The molecule has 2 aromatic carbocycles. The summed E-state index contributed by atoms with van der Waals surface area (Å²) in [5.41, 5.74) is -0.640. The van der Waals surface area contributed by atoms with Crippen LogP contribution >= 0.6 is 0 Å². The molecule has 2 aliphatic carbocycles. The standard InChI is InChI=1S/C31H40F2N2O7/c1-30-8-7-27(42-29(39)35-21-12-22(40-3)14-23(13-21)41-4)31(2,17-36)26(30)6-5-25(37)24(30)15-28(38)34-16-18-9-19(32)11-20(33)10-18/h9-14,24-27,36-37H,5-8,15-17H2,1-4H3,(H,34,38)(H,35,39). The summed E-state index contributed by atoms with van der Waals surface area (Å²) in [6.07, 6.45) is -0.0311. The van der Waals surface area contributed by atoms with Crippen LogP contribution in [0.5, 0.6) is 11.5 Å². The van der Waals surface area contributed by atoms with Gasteiger partial charge in [0.25, 0.3) is 0 Å². The Morgan fingerprint density at radius 1 is 0.976 bits per heavy atom. The van der Waals surface area contributed by atoms with Crippen LogP contribution < -0.4 is 20.1 Å². The molecule has 6 atom stereocenters. The highest BCUT2D eigenvalue weighted by Gasteiger charge is 2.60. The summed E-state index contributed by atoms with van der Waals surface area (Å²) in [6.45, 7) is 3.61. The number of carbonyl (C=O) groups excluding carboxylic acids is 2. The van der Waals surface area contributed by atoms with Gasteiger partial charge in [-0.15, -0.1) is 0 Å². The SMILES string of the molecule is COc1cc(NC(=O)OC2CCC3(C)C(CC(=O)NCc4cc(F)cc(F)c4)C(O)CCC3C2(C)CO)cc(OC)c1. The lowest BCUT2D eigenvalue weighted by Crippen LogP contribution is -2.61. The van der Waals surface area contributed by atoms with Crippen molar-refractivity contribution in [3.05, 3.63) is 53.6 Å². The number of hydrogen-bond donors (Lipinski definition) is 4. The number of aliphatic hydroxyl groups is 2. The zero-order chi connectivity index (χ0) is 30.7. The van der Waals surface area contributed by atoms with Crippen molar-refractivity contribution in [3.8, 4) is 11.5 Å².